The van der Waals surface area contributed by atoms with Gasteiger partial charge in [0.2, 0.25) is 11.8 Å². The Bertz CT molecular complexity index is 850. The second-order valence-corrected chi connectivity index (χ2v) is 7.29. The van der Waals surface area contributed by atoms with E-state index >= 15 is 0 Å². The minimum absolute atomic E-state index is 0.00882. The number of halogens is 1. The smallest absolute Gasteiger partial charge is 0.269 e. The average Bonchev–Trinajstić information content (AvgIpc) is 3.07. The van der Waals surface area contributed by atoms with Crippen molar-refractivity contribution in [2.24, 2.45) is 0 Å². The van der Waals surface area contributed by atoms with Crippen LogP contribution in [-0.4, -0.2) is 15.1 Å². The molecule has 0 fully saturated rings. The molecule has 24 heavy (non-hydrogen) atoms. The van der Waals surface area contributed by atoms with Crippen LogP contribution in [0.2, 0.25) is 0 Å². The van der Waals surface area contributed by atoms with Crippen LogP contribution in [0.3, 0.4) is 0 Å². The Hall–Kier alpha value is -2.19. The molecule has 2 aromatic carbocycles. The third kappa shape index (κ3) is 3.82. The van der Waals surface area contributed by atoms with Gasteiger partial charge in [-0.25, -0.2) is 0 Å². The first-order valence-electron chi connectivity index (χ1n) is 7.03. The van der Waals surface area contributed by atoms with Crippen LogP contribution in [-0.2, 0) is 0 Å². The number of hydrogen-bond acceptors (Lipinski definition) is 6. The van der Waals surface area contributed by atoms with E-state index in [0.29, 0.717) is 17.3 Å². The van der Waals surface area contributed by atoms with Crippen molar-refractivity contribution in [3.05, 3.63) is 69.0 Å². The van der Waals surface area contributed by atoms with E-state index in [1.807, 2.05) is 31.2 Å². The summed E-state index contributed by atoms with van der Waals surface area (Å²) in [6.07, 6.45) is 0. The van der Waals surface area contributed by atoms with E-state index in [4.69, 9.17) is 4.42 Å². The number of rotatable bonds is 5. The number of nitrogens with zero attached hydrogens (tertiary/aromatic N) is 3. The zero-order valence-electron chi connectivity index (χ0n) is 12.5. The van der Waals surface area contributed by atoms with Crippen LogP contribution in [0.5, 0.6) is 0 Å². The maximum Gasteiger partial charge on any atom is 0.269 e. The van der Waals surface area contributed by atoms with Gasteiger partial charge in [0.05, 0.1) is 10.2 Å². The Kier molecular flexibility index (Phi) is 4.96. The molecule has 0 radical (unpaired) electrons. The lowest BCUT2D eigenvalue weighted by Gasteiger charge is -2.06. The van der Waals surface area contributed by atoms with Gasteiger partial charge in [-0.2, -0.15) is 0 Å². The molecule has 0 aliphatic rings. The normalized spacial score (nSPS) is 12.1. The molecule has 6 nitrogen and oxygen atoms in total. The maximum absolute atomic E-state index is 10.7. The van der Waals surface area contributed by atoms with E-state index in [2.05, 4.69) is 26.1 Å². The average molecular weight is 406 g/mol. The van der Waals surface area contributed by atoms with Crippen molar-refractivity contribution < 1.29 is 9.34 Å². The molecule has 0 bridgehead atoms. The first-order chi connectivity index (χ1) is 11.5. The molecule has 0 spiro atoms. The summed E-state index contributed by atoms with van der Waals surface area (Å²) in [6.45, 7) is 1.99. The number of benzene rings is 2. The minimum Gasteiger partial charge on any atom is -0.419 e. The van der Waals surface area contributed by atoms with Crippen molar-refractivity contribution in [1.82, 2.24) is 10.2 Å². The number of non-ortho nitro benzene ring substituents is 1. The summed E-state index contributed by atoms with van der Waals surface area (Å²) in [7, 11) is 0. The molecule has 0 saturated heterocycles. The number of nitro groups is 1. The lowest BCUT2D eigenvalue weighted by atomic mass is 10.2. The van der Waals surface area contributed by atoms with E-state index in [0.717, 1.165) is 9.37 Å². The lowest BCUT2D eigenvalue weighted by Crippen LogP contribution is -1.88. The first-order valence-corrected chi connectivity index (χ1v) is 8.70. The largest absolute Gasteiger partial charge is 0.419 e. The third-order valence-corrected chi connectivity index (χ3v) is 4.87. The first kappa shape index (κ1) is 16.7. The molecule has 1 heterocycles. The van der Waals surface area contributed by atoms with Crippen LogP contribution < -0.4 is 0 Å². The Morgan fingerprint density at radius 3 is 2.42 bits per heavy atom. The number of nitro benzene ring substituents is 1. The van der Waals surface area contributed by atoms with Gasteiger partial charge < -0.3 is 4.42 Å². The molecule has 3 aromatic rings. The standard InChI is InChI=1S/C16H12BrN3O3S/c1-10(24-14-8-4-12(17)5-9-14)15-18-19-16(23-15)11-2-6-13(7-3-11)20(21)22/h2-10H,1H3. The molecule has 0 aliphatic heterocycles. The van der Waals surface area contributed by atoms with Gasteiger partial charge in [0.1, 0.15) is 0 Å². The van der Waals surface area contributed by atoms with Crippen LogP contribution in [0, 0.1) is 10.1 Å². The second kappa shape index (κ2) is 7.14. The van der Waals surface area contributed by atoms with Gasteiger partial charge >= 0.3 is 0 Å². The predicted molar refractivity (Wildman–Crippen MR) is 94.8 cm³/mol. The second-order valence-electron chi connectivity index (χ2n) is 4.96. The minimum atomic E-state index is -0.444. The molecule has 0 N–H and O–H groups in total. The van der Waals surface area contributed by atoms with Gasteiger partial charge in [-0.05, 0) is 43.3 Å². The van der Waals surface area contributed by atoms with Crippen LogP contribution in [0.1, 0.15) is 18.1 Å². The summed E-state index contributed by atoms with van der Waals surface area (Å²) >= 11 is 5.02. The topological polar surface area (TPSA) is 82.1 Å². The van der Waals surface area contributed by atoms with Gasteiger partial charge in [-0.3, -0.25) is 10.1 Å². The molecule has 0 amide bonds. The van der Waals surface area contributed by atoms with E-state index < -0.39 is 4.92 Å². The van der Waals surface area contributed by atoms with Crippen molar-refractivity contribution >= 4 is 33.4 Å². The highest BCUT2D eigenvalue weighted by Crippen LogP contribution is 2.35. The fourth-order valence-electron chi connectivity index (χ4n) is 2.01. The number of hydrogen-bond donors (Lipinski definition) is 0. The van der Waals surface area contributed by atoms with Crippen molar-refractivity contribution in [2.75, 3.05) is 0 Å². The van der Waals surface area contributed by atoms with Crippen molar-refractivity contribution in [2.45, 2.75) is 17.1 Å². The summed E-state index contributed by atoms with van der Waals surface area (Å²) in [5.41, 5.74) is 0.679. The quantitative estimate of drug-likeness (QED) is 0.327. The summed E-state index contributed by atoms with van der Waals surface area (Å²) in [4.78, 5) is 11.3. The summed E-state index contributed by atoms with van der Waals surface area (Å²) in [6, 6.07) is 14.0. The fraction of sp³-hybridized carbons (Fsp3) is 0.125. The highest BCUT2D eigenvalue weighted by molar-refractivity contribution is 9.10. The molecule has 1 unspecified atom stereocenters. The predicted octanol–water partition coefficient (Wildman–Crippen LogP) is 5.26. The molecular weight excluding hydrogens is 394 g/mol. The summed E-state index contributed by atoms with van der Waals surface area (Å²) in [5, 5.41) is 18.8. The Labute approximate surface area is 150 Å². The van der Waals surface area contributed by atoms with Crippen molar-refractivity contribution in [1.29, 1.82) is 0 Å². The number of thioether (sulfide) groups is 1. The monoisotopic (exact) mass is 405 g/mol. The Balaban J connectivity index is 1.74. The Morgan fingerprint density at radius 1 is 1.12 bits per heavy atom. The van der Waals surface area contributed by atoms with Gasteiger partial charge in [0.25, 0.3) is 5.69 Å². The van der Waals surface area contributed by atoms with Crippen LogP contribution in [0.25, 0.3) is 11.5 Å². The molecule has 122 valence electrons. The van der Waals surface area contributed by atoms with Crippen LogP contribution in [0.4, 0.5) is 5.69 Å². The van der Waals surface area contributed by atoms with E-state index in [9.17, 15) is 10.1 Å². The molecule has 0 aliphatic carbocycles. The Morgan fingerprint density at radius 2 is 1.79 bits per heavy atom. The summed E-state index contributed by atoms with van der Waals surface area (Å²) in [5.74, 6) is 0.861. The zero-order valence-corrected chi connectivity index (χ0v) is 15.0. The van der Waals surface area contributed by atoms with E-state index in [1.165, 1.54) is 12.1 Å². The third-order valence-electron chi connectivity index (χ3n) is 3.24. The van der Waals surface area contributed by atoms with E-state index in [1.54, 1.807) is 23.9 Å². The van der Waals surface area contributed by atoms with Crippen LogP contribution in [0.15, 0.2) is 62.3 Å². The SMILES string of the molecule is CC(Sc1ccc(Br)cc1)c1nnc(-c2ccc([N+](=O)[O-])cc2)o1. The zero-order chi connectivity index (χ0) is 17.1. The van der Waals surface area contributed by atoms with E-state index in [-0.39, 0.29) is 10.9 Å². The van der Waals surface area contributed by atoms with Crippen LogP contribution >= 0.6 is 27.7 Å². The van der Waals surface area contributed by atoms with Gasteiger partial charge in [-0.1, -0.05) is 15.9 Å². The molecule has 0 saturated carbocycles. The van der Waals surface area contributed by atoms with Gasteiger partial charge in [0, 0.05) is 27.1 Å². The highest BCUT2D eigenvalue weighted by Gasteiger charge is 2.17. The highest BCUT2D eigenvalue weighted by atomic mass is 79.9. The molecule has 8 heteroatoms. The molecule has 3 rings (SSSR count). The molecule has 1 aromatic heterocycles. The van der Waals surface area contributed by atoms with Gasteiger partial charge in [0.15, 0.2) is 0 Å². The van der Waals surface area contributed by atoms with Crippen molar-refractivity contribution in [3.8, 4) is 11.5 Å². The molecule has 1 atom stereocenters. The maximum atomic E-state index is 10.7. The number of aromatic nitrogens is 2. The van der Waals surface area contributed by atoms with Crippen molar-refractivity contribution in [3.63, 3.8) is 0 Å². The lowest BCUT2D eigenvalue weighted by molar-refractivity contribution is -0.384. The van der Waals surface area contributed by atoms with Gasteiger partial charge in [-0.15, -0.1) is 22.0 Å². The molecular formula is C16H12BrN3O3S. The summed E-state index contributed by atoms with van der Waals surface area (Å²) < 4.78 is 6.73. The fourth-order valence-corrected chi connectivity index (χ4v) is 3.17.